The van der Waals surface area contributed by atoms with Gasteiger partial charge in [-0.25, -0.2) is 4.90 Å². The summed E-state index contributed by atoms with van der Waals surface area (Å²) in [6.45, 7) is 3.01. The van der Waals surface area contributed by atoms with E-state index in [4.69, 9.17) is 9.47 Å². The van der Waals surface area contributed by atoms with Crippen LogP contribution in [0, 0.1) is 0 Å². The molecule has 130 valence electrons. The fourth-order valence-corrected chi connectivity index (χ4v) is 3.65. The summed E-state index contributed by atoms with van der Waals surface area (Å²) in [5.41, 5.74) is 0.508. The molecule has 0 radical (unpaired) electrons. The minimum atomic E-state index is -0.356. The summed E-state index contributed by atoms with van der Waals surface area (Å²) in [5, 5.41) is 0. The first kappa shape index (κ1) is 16.8. The van der Waals surface area contributed by atoms with Gasteiger partial charge in [-0.2, -0.15) is 0 Å². The van der Waals surface area contributed by atoms with Crippen molar-refractivity contribution in [1.82, 2.24) is 4.90 Å². The van der Waals surface area contributed by atoms with Crippen LogP contribution in [-0.4, -0.2) is 49.6 Å². The number of hydrogen-bond acceptors (Lipinski definition) is 5. The molecule has 0 spiro atoms. The normalized spacial score (nSPS) is 25.2. The first-order chi connectivity index (χ1) is 11.5. The summed E-state index contributed by atoms with van der Waals surface area (Å²) in [4.78, 5) is 28.9. The maximum atomic E-state index is 12.9. The van der Waals surface area contributed by atoms with Crippen molar-refractivity contribution in [3.8, 4) is 11.5 Å². The number of rotatable bonds is 4. The fourth-order valence-electron chi connectivity index (χ4n) is 3.65. The number of likely N-dealkylation sites (tertiary alicyclic amines) is 1. The van der Waals surface area contributed by atoms with Crippen LogP contribution in [0.3, 0.4) is 0 Å². The third kappa shape index (κ3) is 2.98. The Hall–Kier alpha value is -2.08. The van der Waals surface area contributed by atoms with E-state index in [1.54, 1.807) is 32.4 Å². The summed E-state index contributed by atoms with van der Waals surface area (Å²) in [6, 6.07) is 5.09. The number of methoxy groups -OCH3 is 2. The van der Waals surface area contributed by atoms with Crippen LogP contribution < -0.4 is 14.4 Å². The smallest absolute Gasteiger partial charge is 0.251 e. The van der Waals surface area contributed by atoms with Crippen molar-refractivity contribution < 1.29 is 19.1 Å². The van der Waals surface area contributed by atoms with Crippen molar-refractivity contribution in [3.05, 3.63) is 18.2 Å². The molecule has 0 saturated carbocycles. The summed E-state index contributed by atoms with van der Waals surface area (Å²) >= 11 is 0. The zero-order chi connectivity index (χ0) is 17.3. The third-order valence-electron chi connectivity index (χ3n) is 4.97. The van der Waals surface area contributed by atoms with Crippen LogP contribution in [-0.2, 0) is 9.59 Å². The van der Waals surface area contributed by atoms with E-state index in [-0.39, 0.29) is 24.3 Å². The minimum absolute atomic E-state index is 0.149. The standard InChI is InChI=1S/C18H24N2O4/c1-12-6-4-5-7-19(12)16-11-17(21)20(18(16)22)13-8-14(23-2)10-15(9-13)24-3/h8-10,12,16H,4-7,11H2,1-3H3/t12-,16-/m1/s1. The average Bonchev–Trinajstić information content (AvgIpc) is 2.89. The second-order valence-corrected chi connectivity index (χ2v) is 6.44. The molecule has 0 aliphatic carbocycles. The van der Waals surface area contributed by atoms with Crippen molar-refractivity contribution in [3.63, 3.8) is 0 Å². The molecule has 2 aliphatic heterocycles. The molecule has 3 rings (SSSR count). The Morgan fingerprint density at radius 1 is 1.04 bits per heavy atom. The number of anilines is 1. The van der Waals surface area contributed by atoms with E-state index in [9.17, 15) is 9.59 Å². The molecule has 2 amide bonds. The Labute approximate surface area is 142 Å². The van der Waals surface area contributed by atoms with E-state index in [0.717, 1.165) is 19.4 Å². The van der Waals surface area contributed by atoms with Crippen LogP contribution in [0.25, 0.3) is 0 Å². The fraction of sp³-hybridized carbons (Fsp3) is 0.556. The molecule has 2 atom stereocenters. The van der Waals surface area contributed by atoms with Gasteiger partial charge in [0.1, 0.15) is 11.5 Å². The summed E-state index contributed by atoms with van der Waals surface area (Å²) in [7, 11) is 3.09. The molecule has 1 aromatic carbocycles. The topological polar surface area (TPSA) is 59.1 Å². The largest absolute Gasteiger partial charge is 0.497 e. The number of piperidine rings is 1. The van der Waals surface area contributed by atoms with Crippen LogP contribution in [0.5, 0.6) is 11.5 Å². The second kappa shape index (κ2) is 6.81. The van der Waals surface area contributed by atoms with Crippen LogP contribution >= 0.6 is 0 Å². The molecular formula is C18H24N2O4. The van der Waals surface area contributed by atoms with E-state index in [0.29, 0.717) is 23.2 Å². The lowest BCUT2D eigenvalue weighted by Crippen LogP contribution is -2.48. The Morgan fingerprint density at radius 2 is 1.71 bits per heavy atom. The van der Waals surface area contributed by atoms with Gasteiger partial charge in [0, 0.05) is 24.2 Å². The molecular weight excluding hydrogens is 308 g/mol. The zero-order valence-corrected chi connectivity index (χ0v) is 14.4. The lowest BCUT2D eigenvalue weighted by Gasteiger charge is -2.36. The SMILES string of the molecule is COc1cc(OC)cc(N2C(=O)C[C@@H](N3CCCC[C@H]3C)C2=O)c1. The predicted molar refractivity (Wildman–Crippen MR) is 90.5 cm³/mol. The molecule has 2 fully saturated rings. The molecule has 0 aromatic heterocycles. The highest BCUT2D eigenvalue weighted by molar-refractivity contribution is 6.22. The number of carbonyl (C=O) groups excluding carboxylic acids is 2. The Bertz CT molecular complexity index is 624. The van der Waals surface area contributed by atoms with Crippen molar-refractivity contribution >= 4 is 17.5 Å². The number of nitrogens with zero attached hydrogens (tertiary/aromatic N) is 2. The lowest BCUT2D eigenvalue weighted by atomic mass is 10.0. The van der Waals surface area contributed by atoms with Crippen LogP contribution in [0.2, 0.25) is 0 Å². The Morgan fingerprint density at radius 3 is 2.29 bits per heavy atom. The zero-order valence-electron chi connectivity index (χ0n) is 14.4. The predicted octanol–water partition coefficient (Wildman–Crippen LogP) is 2.21. The highest BCUT2D eigenvalue weighted by Crippen LogP contribution is 2.34. The van der Waals surface area contributed by atoms with Gasteiger partial charge >= 0.3 is 0 Å². The molecule has 0 bridgehead atoms. The van der Waals surface area contributed by atoms with Crippen molar-refractivity contribution in [2.75, 3.05) is 25.7 Å². The number of imide groups is 1. The van der Waals surface area contributed by atoms with E-state index < -0.39 is 0 Å². The van der Waals surface area contributed by atoms with E-state index in [1.807, 2.05) is 0 Å². The molecule has 0 N–H and O–H groups in total. The van der Waals surface area contributed by atoms with Crippen molar-refractivity contribution in [1.29, 1.82) is 0 Å². The molecule has 2 aliphatic rings. The van der Waals surface area contributed by atoms with Crippen LogP contribution in [0.15, 0.2) is 18.2 Å². The second-order valence-electron chi connectivity index (χ2n) is 6.44. The van der Waals surface area contributed by atoms with E-state index in [2.05, 4.69) is 11.8 Å². The summed E-state index contributed by atoms with van der Waals surface area (Å²) in [5.74, 6) is 0.793. The molecule has 0 unspecified atom stereocenters. The lowest BCUT2D eigenvalue weighted by molar-refractivity contribution is -0.123. The number of carbonyl (C=O) groups is 2. The first-order valence-corrected chi connectivity index (χ1v) is 8.40. The summed E-state index contributed by atoms with van der Waals surface area (Å²) < 4.78 is 10.5. The molecule has 6 heteroatoms. The Kier molecular flexibility index (Phi) is 4.76. The van der Waals surface area contributed by atoms with Gasteiger partial charge in [0.05, 0.1) is 32.4 Å². The van der Waals surface area contributed by atoms with Gasteiger partial charge in [-0.15, -0.1) is 0 Å². The first-order valence-electron chi connectivity index (χ1n) is 8.40. The number of amides is 2. The van der Waals surface area contributed by atoms with Crippen LogP contribution in [0.1, 0.15) is 32.6 Å². The highest BCUT2D eigenvalue weighted by atomic mass is 16.5. The maximum Gasteiger partial charge on any atom is 0.251 e. The van der Waals surface area contributed by atoms with E-state index >= 15 is 0 Å². The van der Waals surface area contributed by atoms with Gasteiger partial charge in [-0.05, 0) is 26.3 Å². The maximum absolute atomic E-state index is 12.9. The molecule has 1 aromatic rings. The van der Waals surface area contributed by atoms with Gasteiger partial charge in [0.15, 0.2) is 0 Å². The van der Waals surface area contributed by atoms with Crippen molar-refractivity contribution in [2.45, 2.75) is 44.7 Å². The summed E-state index contributed by atoms with van der Waals surface area (Å²) in [6.07, 6.45) is 3.58. The van der Waals surface area contributed by atoms with Crippen molar-refractivity contribution in [2.24, 2.45) is 0 Å². The number of hydrogen-bond donors (Lipinski definition) is 0. The van der Waals surface area contributed by atoms with Gasteiger partial charge in [0.25, 0.3) is 5.91 Å². The molecule has 24 heavy (non-hydrogen) atoms. The van der Waals surface area contributed by atoms with E-state index in [1.165, 1.54) is 11.3 Å². The van der Waals surface area contributed by atoms with Gasteiger partial charge in [0.2, 0.25) is 5.91 Å². The van der Waals surface area contributed by atoms with Gasteiger partial charge in [-0.3, -0.25) is 14.5 Å². The molecule has 2 heterocycles. The highest BCUT2D eigenvalue weighted by Gasteiger charge is 2.44. The van der Waals surface area contributed by atoms with Crippen LogP contribution in [0.4, 0.5) is 5.69 Å². The molecule has 6 nitrogen and oxygen atoms in total. The number of ether oxygens (including phenoxy) is 2. The van der Waals surface area contributed by atoms with Gasteiger partial charge < -0.3 is 9.47 Å². The number of benzene rings is 1. The molecule has 2 saturated heterocycles. The Balaban J connectivity index is 1.89. The third-order valence-corrected chi connectivity index (χ3v) is 4.97. The quantitative estimate of drug-likeness (QED) is 0.791. The minimum Gasteiger partial charge on any atom is -0.497 e. The monoisotopic (exact) mass is 332 g/mol. The van der Waals surface area contributed by atoms with Gasteiger partial charge in [-0.1, -0.05) is 6.42 Å². The average molecular weight is 332 g/mol.